The van der Waals surface area contributed by atoms with Gasteiger partial charge < -0.3 is 33.9 Å². The Balaban J connectivity index is 0.00000400. The van der Waals surface area contributed by atoms with Gasteiger partial charge >= 0.3 is 0 Å². The number of likely N-dealkylation sites (tertiary alicyclic amines) is 1. The highest BCUT2D eigenvalue weighted by Crippen LogP contribution is 2.48. The molecule has 1 aliphatic carbocycles. The number of likely N-dealkylation sites (N-methyl/N-ethyl adjacent to an activating group) is 1. The lowest BCUT2D eigenvalue weighted by atomic mass is 9.99. The molecular weight excluding hydrogens is 508 g/mol. The van der Waals surface area contributed by atoms with Crippen LogP contribution in [0.2, 0.25) is 0 Å². The summed E-state index contributed by atoms with van der Waals surface area (Å²) in [6, 6.07) is 7.92. The number of nitrogens with one attached hydrogen (secondary N) is 1. The summed E-state index contributed by atoms with van der Waals surface area (Å²) in [6.45, 7) is 3.92. The molecule has 2 aromatic carbocycles. The predicted molar refractivity (Wildman–Crippen MR) is 152 cm³/mol. The molecule has 2 aliphatic rings. The van der Waals surface area contributed by atoms with Crippen LogP contribution in [-0.2, 0) is 4.79 Å². The quantitative estimate of drug-likeness (QED) is 0.490. The molecule has 0 radical (unpaired) electrons. The van der Waals surface area contributed by atoms with Gasteiger partial charge in [0.2, 0.25) is 11.7 Å². The van der Waals surface area contributed by atoms with Crippen LogP contribution in [0.15, 0.2) is 29.8 Å². The minimum Gasteiger partial charge on any atom is -0.493 e. The zero-order valence-electron chi connectivity index (χ0n) is 23.1. The van der Waals surface area contributed by atoms with Crippen LogP contribution < -0.4 is 29.0 Å². The Morgan fingerprint density at radius 2 is 1.50 bits per heavy atom. The molecule has 38 heavy (non-hydrogen) atoms. The van der Waals surface area contributed by atoms with Gasteiger partial charge in [-0.15, -0.1) is 12.4 Å². The van der Waals surface area contributed by atoms with Gasteiger partial charge in [-0.05, 0) is 90.7 Å². The highest BCUT2D eigenvalue weighted by molar-refractivity contribution is 6.09. The van der Waals surface area contributed by atoms with E-state index in [2.05, 4.69) is 30.3 Å². The molecule has 0 spiro atoms. The maximum atomic E-state index is 13.1. The summed E-state index contributed by atoms with van der Waals surface area (Å²) >= 11 is 0. The van der Waals surface area contributed by atoms with Crippen molar-refractivity contribution < 1.29 is 28.5 Å². The number of hydrogen-bond donors (Lipinski definition) is 1. The lowest BCUT2D eigenvalue weighted by molar-refractivity contribution is -0.120. The topological polar surface area (TPSA) is 78.5 Å². The molecule has 0 aromatic heterocycles. The van der Waals surface area contributed by atoms with Crippen molar-refractivity contribution in [2.24, 2.45) is 0 Å². The number of allylic oxidation sites excluding steroid dienone is 2. The summed E-state index contributed by atoms with van der Waals surface area (Å²) in [6.07, 6.45) is 3.32. The van der Waals surface area contributed by atoms with Crippen molar-refractivity contribution in [2.75, 3.05) is 55.7 Å². The van der Waals surface area contributed by atoms with Crippen LogP contribution in [0, 0.1) is 0 Å². The SMILES string of the molecule is COc1cc2c(cc1OC)C(CC(=O)NC1CCN(C)C1)=C(C)C2=Cc1cc(OC)c(OC)c(OC)c1.Cl. The van der Waals surface area contributed by atoms with Gasteiger partial charge in [0, 0.05) is 12.6 Å². The number of hydrogen-bond acceptors (Lipinski definition) is 7. The number of halogens is 1. The van der Waals surface area contributed by atoms with E-state index in [0.29, 0.717) is 28.7 Å². The molecule has 1 atom stereocenters. The lowest BCUT2D eigenvalue weighted by Gasteiger charge is -2.15. The van der Waals surface area contributed by atoms with Gasteiger partial charge in [-0.2, -0.15) is 0 Å². The lowest BCUT2D eigenvalue weighted by Crippen LogP contribution is -2.36. The van der Waals surface area contributed by atoms with Gasteiger partial charge in [0.15, 0.2) is 23.0 Å². The van der Waals surface area contributed by atoms with Gasteiger partial charge in [-0.1, -0.05) is 0 Å². The summed E-state index contributed by atoms with van der Waals surface area (Å²) in [5, 5.41) is 3.21. The first-order valence-corrected chi connectivity index (χ1v) is 12.3. The van der Waals surface area contributed by atoms with Gasteiger partial charge in [0.05, 0.1) is 42.0 Å². The number of carbonyl (C=O) groups is 1. The Hall–Kier alpha value is -3.36. The largest absolute Gasteiger partial charge is 0.493 e. The number of nitrogens with zero attached hydrogens (tertiary/aromatic N) is 1. The molecule has 8 nitrogen and oxygen atoms in total. The number of rotatable bonds is 9. The Bertz CT molecular complexity index is 1230. The van der Waals surface area contributed by atoms with Crippen LogP contribution in [0.4, 0.5) is 0 Å². The average Bonchev–Trinajstić information content (AvgIpc) is 3.42. The number of benzene rings is 2. The molecule has 206 valence electrons. The van der Waals surface area contributed by atoms with Crippen molar-refractivity contribution in [3.63, 3.8) is 0 Å². The second kappa shape index (κ2) is 12.5. The van der Waals surface area contributed by atoms with E-state index in [9.17, 15) is 4.79 Å². The van der Waals surface area contributed by atoms with Crippen molar-refractivity contribution >= 4 is 35.5 Å². The zero-order chi connectivity index (χ0) is 26.7. The van der Waals surface area contributed by atoms with Crippen molar-refractivity contribution in [1.29, 1.82) is 0 Å². The maximum absolute atomic E-state index is 13.1. The summed E-state index contributed by atoms with van der Waals surface area (Å²) < 4.78 is 27.8. The van der Waals surface area contributed by atoms with Crippen LogP contribution >= 0.6 is 12.4 Å². The third-order valence-electron chi connectivity index (χ3n) is 7.09. The third kappa shape index (κ3) is 5.71. The molecular formula is C29H37ClN2O6. The number of carbonyl (C=O) groups excluding carboxylic acids is 1. The van der Waals surface area contributed by atoms with E-state index in [0.717, 1.165) is 52.9 Å². The van der Waals surface area contributed by atoms with E-state index in [1.54, 1.807) is 35.5 Å². The van der Waals surface area contributed by atoms with E-state index >= 15 is 0 Å². The Labute approximate surface area is 230 Å². The van der Waals surface area contributed by atoms with Crippen LogP contribution in [0.1, 0.15) is 36.5 Å². The Kier molecular flexibility index (Phi) is 9.57. The highest BCUT2D eigenvalue weighted by Gasteiger charge is 2.29. The third-order valence-corrected chi connectivity index (χ3v) is 7.09. The fourth-order valence-corrected chi connectivity index (χ4v) is 5.18. The van der Waals surface area contributed by atoms with Crippen molar-refractivity contribution in [3.8, 4) is 28.7 Å². The van der Waals surface area contributed by atoms with Gasteiger partial charge in [0.25, 0.3) is 0 Å². The minimum atomic E-state index is 0. The smallest absolute Gasteiger partial charge is 0.224 e. The average molecular weight is 545 g/mol. The number of ether oxygens (including phenoxy) is 5. The second-order valence-corrected chi connectivity index (χ2v) is 9.37. The first kappa shape index (κ1) is 29.2. The number of amides is 1. The van der Waals surface area contributed by atoms with E-state index in [-0.39, 0.29) is 30.8 Å². The fraction of sp³-hybridized carbons (Fsp3) is 0.414. The van der Waals surface area contributed by atoms with Crippen LogP contribution in [0.25, 0.3) is 17.2 Å². The Morgan fingerprint density at radius 3 is 2.00 bits per heavy atom. The molecule has 1 amide bonds. The molecule has 1 N–H and O–H groups in total. The van der Waals surface area contributed by atoms with Gasteiger partial charge in [-0.3, -0.25) is 4.79 Å². The molecule has 1 unspecified atom stereocenters. The van der Waals surface area contributed by atoms with Crippen molar-refractivity contribution in [2.45, 2.75) is 25.8 Å². The molecule has 0 bridgehead atoms. The molecule has 1 heterocycles. The Morgan fingerprint density at radius 1 is 0.921 bits per heavy atom. The van der Waals surface area contributed by atoms with E-state index in [4.69, 9.17) is 23.7 Å². The van der Waals surface area contributed by atoms with E-state index in [1.165, 1.54) is 0 Å². The highest BCUT2D eigenvalue weighted by atomic mass is 35.5. The van der Waals surface area contributed by atoms with Crippen LogP contribution in [0.5, 0.6) is 28.7 Å². The molecule has 1 fully saturated rings. The predicted octanol–water partition coefficient (Wildman–Crippen LogP) is 4.69. The summed E-state index contributed by atoms with van der Waals surface area (Å²) in [7, 11) is 10.1. The summed E-state index contributed by atoms with van der Waals surface area (Å²) in [5.74, 6) is 2.95. The monoisotopic (exact) mass is 544 g/mol. The van der Waals surface area contributed by atoms with Crippen molar-refractivity contribution in [3.05, 3.63) is 46.5 Å². The van der Waals surface area contributed by atoms with Crippen LogP contribution in [0.3, 0.4) is 0 Å². The second-order valence-electron chi connectivity index (χ2n) is 9.37. The molecule has 4 rings (SSSR count). The number of fused-ring (bicyclic) bond motifs is 1. The van der Waals surface area contributed by atoms with E-state index in [1.807, 2.05) is 24.3 Å². The fourth-order valence-electron chi connectivity index (χ4n) is 5.18. The standard InChI is InChI=1S/C29H36N2O6.ClH/c1-17-20(10-18-11-26(35-5)29(37-7)27(12-18)36-6)22-13-24(33-3)25(34-4)14-23(22)21(17)15-28(32)30-19-8-9-31(2)16-19;/h10-14,19H,8-9,15-16H2,1-7H3,(H,30,32);1H. The van der Waals surface area contributed by atoms with Gasteiger partial charge in [-0.25, -0.2) is 0 Å². The maximum Gasteiger partial charge on any atom is 0.224 e. The first-order chi connectivity index (χ1) is 17.8. The molecule has 2 aromatic rings. The zero-order valence-corrected chi connectivity index (χ0v) is 23.9. The molecule has 0 saturated carbocycles. The summed E-state index contributed by atoms with van der Waals surface area (Å²) in [5.41, 5.74) is 5.81. The molecule has 1 saturated heterocycles. The van der Waals surface area contributed by atoms with Crippen LogP contribution in [-0.4, -0.2) is 72.5 Å². The van der Waals surface area contributed by atoms with E-state index < -0.39 is 0 Å². The first-order valence-electron chi connectivity index (χ1n) is 12.3. The molecule has 9 heteroatoms. The minimum absolute atomic E-state index is 0. The molecule has 1 aliphatic heterocycles. The normalized spacial score (nSPS) is 17.7. The van der Waals surface area contributed by atoms with Crippen molar-refractivity contribution in [1.82, 2.24) is 10.2 Å². The summed E-state index contributed by atoms with van der Waals surface area (Å²) in [4.78, 5) is 15.3. The van der Waals surface area contributed by atoms with Gasteiger partial charge in [0.1, 0.15) is 0 Å². The number of methoxy groups -OCH3 is 5.